The largest absolute Gasteiger partial charge is 0.368 e. The van der Waals surface area contributed by atoms with Crippen molar-refractivity contribution in [2.75, 3.05) is 11.1 Å². The third kappa shape index (κ3) is 3.91. The average molecular weight is 382 g/mol. The third-order valence-corrected chi connectivity index (χ3v) is 6.88. The van der Waals surface area contributed by atoms with Crippen molar-refractivity contribution in [3.63, 3.8) is 0 Å². The van der Waals surface area contributed by atoms with E-state index in [-0.39, 0.29) is 23.8 Å². The first-order valence-electron chi connectivity index (χ1n) is 10.5. The Morgan fingerprint density at radius 3 is 2.46 bits per heavy atom. The summed E-state index contributed by atoms with van der Waals surface area (Å²) in [6.45, 7) is 4.89. The Bertz CT molecular complexity index is 814. The van der Waals surface area contributed by atoms with Crippen molar-refractivity contribution < 1.29 is 4.79 Å². The molecule has 0 radical (unpaired) electrons. The molecule has 0 aliphatic heterocycles. The van der Waals surface area contributed by atoms with Crippen molar-refractivity contribution in [2.24, 2.45) is 17.8 Å². The van der Waals surface area contributed by atoms with Gasteiger partial charge in [0.1, 0.15) is 12.9 Å². The van der Waals surface area contributed by atoms with Crippen molar-refractivity contribution >= 4 is 17.5 Å². The van der Waals surface area contributed by atoms with Gasteiger partial charge in [-0.05, 0) is 73.0 Å². The smallest absolute Gasteiger partial charge is 0.244 e. The van der Waals surface area contributed by atoms with E-state index in [4.69, 9.17) is 5.73 Å². The highest BCUT2D eigenvalue weighted by atomic mass is 16.1. The number of nitrogens with one attached hydrogen (secondary N) is 1. The highest BCUT2D eigenvalue weighted by Crippen LogP contribution is 2.51. The molecule has 2 unspecified atom stereocenters. The third-order valence-electron chi connectivity index (χ3n) is 6.88. The van der Waals surface area contributed by atoms with E-state index in [0.717, 1.165) is 23.4 Å². The van der Waals surface area contributed by atoms with Crippen LogP contribution in [0.3, 0.4) is 0 Å². The minimum Gasteiger partial charge on any atom is -0.368 e. The van der Waals surface area contributed by atoms with Crippen molar-refractivity contribution in [1.82, 2.24) is 14.8 Å². The van der Waals surface area contributed by atoms with E-state index in [1.165, 1.54) is 55.0 Å². The molecule has 6 nitrogen and oxygen atoms in total. The predicted molar refractivity (Wildman–Crippen MR) is 111 cm³/mol. The highest BCUT2D eigenvalue weighted by molar-refractivity contribution is 5.90. The van der Waals surface area contributed by atoms with Crippen LogP contribution in [0.15, 0.2) is 30.6 Å². The molecule has 1 aromatic heterocycles. The molecule has 0 spiro atoms. The first kappa shape index (κ1) is 19.0. The van der Waals surface area contributed by atoms with Gasteiger partial charge in [0.15, 0.2) is 0 Å². The van der Waals surface area contributed by atoms with Crippen LogP contribution in [0.2, 0.25) is 0 Å². The van der Waals surface area contributed by atoms with Gasteiger partial charge in [-0.15, -0.1) is 10.2 Å². The van der Waals surface area contributed by atoms with Gasteiger partial charge in [0, 0.05) is 5.69 Å². The van der Waals surface area contributed by atoms with Crippen LogP contribution in [0.1, 0.15) is 57.9 Å². The molecule has 3 N–H and O–H groups in total. The first-order valence-corrected chi connectivity index (χ1v) is 10.5. The summed E-state index contributed by atoms with van der Waals surface area (Å²) in [5.41, 5.74) is 8.13. The van der Waals surface area contributed by atoms with Gasteiger partial charge in [-0.3, -0.25) is 9.36 Å². The maximum Gasteiger partial charge on any atom is 0.244 e. The maximum absolute atomic E-state index is 12.2. The number of benzene rings is 1. The van der Waals surface area contributed by atoms with Crippen molar-refractivity contribution in [2.45, 2.75) is 64.3 Å². The van der Waals surface area contributed by atoms with Gasteiger partial charge in [-0.25, -0.2) is 0 Å². The van der Waals surface area contributed by atoms with Gasteiger partial charge in [-0.1, -0.05) is 32.4 Å². The number of fused-ring (bicyclic) bond motifs is 2. The Labute approximate surface area is 166 Å². The van der Waals surface area contributed by atoms with Gasteiger partial charge in [0.25, 0.3) is 0 Å². The van der Waals surface area contributed by atoms with Crippen molar-refractivity contribution in [3.8, 4) is 0 Å². The molecular weight excluding hydrogens is 350 g/mol. The van der Waals surface area contributed by atoms with Crippen LogP contribution >= 0.6 is 0 Å². The number of carbonyl (C=O) groups excluding carboxylic acids is 1. The van der Waals surface area contributed by atoms with Gasteiger partial charge in [-0.2, -0.15) is 0 Å². The second-order valence-corrected chi connectivity index (χ2v) is 9.12. The number of hydrogen-bond acceptors (Lipinski definition) is 4. The molecule has 1 amide bonds. The van der Waals surface area contributed by atoms with Crippen LogP contribution in [-0.4, -0.2) is 20.7 Å². The van der Waals surface area contributed by atoms with E-state index in [0.29, 0.717) is 0 Å². The predicted octanol–water partition coefficient (Wildman–Crippen LogP) is 3.99. The van der Waals surface area contributed by atoms with E-state index in [2.05, 4.69) is 41.5 Å². The number of rotatable bonds is 5. The Kier molecular flexibility index (Phi) is 5.13. The van der Waals surface area contributed by atoms with Gasteiger partial charge >= 0.3 is 0 Å². The zero-order valence-electron chi connectivity index (χ0n) is 16.9. The fourth-order valence-corrected chi connectivity index (χ4v) is 5.66. The second kappa shape index (κ2) is 7.57. The molecule has 0 saturated heterocycles. The van der Waals surface area contributed by atoms with E-state index in [9.17, 15) is 4.79 Å². The number of amides is 1. The molecule has 2 atom stereocenters. The van der Waals surface area contributed by atoms with E-state index in [1.807, 2.05) is 12.1 Å². The van der Waals surface area contributed by atoms with Gasteiger partial charge < -0.3 is 11.1 Å². The lowest BCUT2D eigenvalue weighted by molar-refractivity contribution is -0.116. The zero-order valence-corrected chi connectivity index (χ0v) is 16.9. The molecule has 2 saturated carbocycles. The minimum absolute atomic E-state index is 0.111. The SMILES string of the molecule is CCC1CC2CC(C1)CC(C)(c1ccc(NC(=O)Cn3cnnc3N)cc1)C2. The molecule has 2 aromatic rings. The summed E-state index contributed by atoms with van der Waals surface area (Å²) in [6.07, 6.45) is 9.61. The van der Waals surface area contributed by atoms with E-state index < -0.39 is 0 Å². The molecule has 2 bridgehead atoms. The number of anilines is 2. The first-order chi connectivity index (χ1) is 13.4. The maximum atomic E-state index is 12.2. The summed E-state index contributed by atoms with van der Waals surface area (Å²) in [5.74, 6) is 2.78. The highest BCUT2D eigenvalue weighted by Gasteiger charge is 2.42. The molecular formula is C22H31N5O. The number of carbonyl (C=O) groups is 1. The molecule has 2 aliphatic rings. The van der Waals surface area contributed by atoms with E-state index >= 15 is 0 Å². The van der Waals surface area contributed by atoms with Crippen molar-refractivity contribution in [1.29, 1.82) is 0 Å². The van der Waals surface area contributed by atoms with Gasteiger partial charge in [0.05, 0.1) is 0 Å². The Hall–Kier alpha value is -2.37. The topological polar surface area (TPSA) is 85.8 Å². The molecule has 28 heavy (non-hydrogen) atoms. The zero-order chi connectivity index (χ0) is 19.7. The Balaban J connectivity index is 1.40. The summed E-state index contributed by atoms with van der Waals surface area (Å²) >= 11 is 0. The van der Waals surface area contributed by atoms with Crippen LogP contribution in [0, 0.1) is 17.8 Å². The molecule has 6 heteroatoms. The van der Waals surface area contributed by atoms with Crippen LogP contribution in [0.25, 0.3) is 0 Å². The molecule has 2 aliphatic carbocycles. The summed E-state index contributed by atoms with van der Waals surface area (Å²) in [5, 5.41) is 10.3. The molecule has 4 rings (SSSR count). The monoisotopic (exact) mass is 381 g/mol. The lowest BCUT2D eigenvalue weighted by atomic mass is 9.57. The summed E-state index contributed by atoms with van der Waals surface area (Å²) in [6, 6.07) is 8.43. The number of hydrogen-bond donors (Lipinski definition) is 2. The van der Waals surface area contributed by atoms with Crippen LogP contribution < -0.4 is 11.1 Å². The minimum atomic E-state index is -0.136. The Morgan fingerprint density at radius 2 is 1.89 bits per heavy atom. The van der Waals surface area contributed by atoms with Crippen LogP contribution in [0.4, 0.5) is 11.6 Å². The molecule has 1 aromatic carbocycles. The second-order valence-electron chi connectivity index (χ2n) is 9.12. The van der Waals surface area contributed by atoms with Crippen molar-refractivity contribution in [3.05, 3.63) is 36.2 Å². The lowest BCUT2D eigenvalue weighted by Crippen LogP contribution is -2.39. The summed E-state index contributed by atoms with van der Waals surface area (Å²) in [7, 11) is 0. The molecule has 2 fully saturated rings. The number of aromatic nitrogens is 3. The number of nitrogen functional groups attached to an aromatic ring is 1. The molecule has 1 heterocycles. The van der Waals surface area contributed by atoms with Crippen LogP contribution in [0.5, 0.6) is 0 Å². The standard InChI is InChI=1S/C22H31N5O/c1-3-15-8-16-10-17(9-15)12-22(2,11-16)18-4-6-19(7-5-18)25-20(28)13-27-14-24-26-21(27)23/h4-7,14-17H,3,8-13H2,1-2H3,(H2,23,26)(H,25,28). The summed E-state index contributed by atoms with van der Waals surface area (Å²) in [4.78, 5) is 12.2. The number of nitrogens with two attached hydrogens (primary N) is 1. The molecule has 150 valence electrons. The lowest BCUT2D eigenvalue weighted by Gasteiger charge is -2.48. The average Bonchev–Trinajstić information content (AvgIpc) is 3.05. The summed E-state index contributed by atoms with van der Waals surface area (Å²) < 4.78 is 1.52. The Morgan fingerprint density at radius 1 is 1.21 bits per heavy atom. The number of nitrogens with zero attached hydrogens (tertiary/aromatic N) is 3. The quantitative estimate of drug-likeness (QED) is 0.820. The fourth-order valence-electron chi connectivity index (χ4n) is 5.66. The van der Waals surface area contributed by atoms with Gasteiger partial charge in [0.2, 0.25) is 11.9 Å². The fraction of sp³-hybridized carbons (Fsp3) is 0.591. The normalized spacial score (nSPS) is 29.4. The van der Waals surface area contributed by atoms with E-state index in [1.54, 1.807) is 0 Å². The van der Waals surface area contributed by atoms with Crippen LogP contribution in [-0.2, 0) is 16.8 Å².